The van der Waals surface area contributed by atoms with Crippen LogP contribution < -0.4 is 5.56 Å². The first kappa shape index (κ1) is 11.0. The molecule has 0 atom stereocenters. The van der Waals surface area contributed by atoms with Crippen LogP contribution in [-0.4, -0.2) is 9.78 Å². The summed E-state index contributed by atoms with van der Waals surface area (Å²) < 4.78 is 1.50. The Balaban J connectivity index is 2.66. The molecule has 0 spiro atoms. The highest BCUT2D eigenvalue weighted by Crippen LogP contribution is 2.18. The third-order valence-corrected chi connectivity index (χ3v) is 2.99. The lowest BCUT2D eigenvalue weighted by molar-refractivity contribution is 0.819. The summed E-state index contributed by atoms with van der Waals surface area (Å²) in [5.74, 6) is 0. The number of aryl methyl sites for hydroxylation is 1. The Morgan fingerprint density at radius 2 is 2.06 bits per heavy atom. The number of H-pyrrole nitrogens is 1. The number of halogens is 1. The number of para-hydroxylation sites is 1. The SMILES string of the molecule is CCc1[nH]n(-c2ccccc2Cl)c(=O)c1C. The van der Waals surface area contributed by atoms with Crippen LogP contribution in [0, 0.1) is 6.92 Å². The molecule has 3 nitrogen and oxygen atoms in total. The Morgan fingerprint density at radius 1 is 1.38 bits per heavy atom. The second-order valence-corrected chi connectivity index (χ2v) is 4.07. The van der Waals surface area contributed by atoms with Crippen LogP contribution in [0.25, 0.3) is 5.69 Å². The normalized spacial score (nSPS) is 10.7. The number of benzene rings is 1. The fourth-order valence-electron chi connectivity index (χ4n) is 1.71. The summed E-state index contributed by atoms with van der Waals surface area (Å²) in [6.07, 6.45) is 0.804. The van der Waals surface area contributed by atoms with Crippen LogP contribution in [0.15, 0.2) is 29.1 Å². The molecule has 0 saturated carbocycles. The summed E-state index contributed by atoms with van der Waals surface area (Å²) in [5, 5.41) is 3.64. The Hall–Kier alpha value is -1.48. The smallest absolute Gasteiger partial charge is 0.274 e. The Kier molecular flexibility index (Phi) is 2.88. The summed E-state index contributed by atoms with van der Waals surface area (Å²) in [7, 11) is 0. The minimum Gasteiger partial charge on any atom is -0.295 e. The van der Waals surface area contributed by atoms with Gasteiger partial charge in [-0.2, -0.15) is 0 Å². The molecule has 0 aliphatic heterocycles. The van der Waals surface area contributed by atoms with E-state index in [2.05, 4.69) is 5.10 Å². The van der Waals surface area contributed by atoms with Crippen molar-refractivity contribution in [2.75, 3.05) is 0 Å². The molecule has 0 fully saturated rings. The van der Waals surface area contributed by atoms with E-state index in [1.165, 1.54) is 4.68 Å². The van der Waals surface area contributed by atoms with Crippen molar-refractivity contribution in [3.05, 3.63) is 50.9 Å². The molecule has 16 heavy (non-hydrogen) atoms. The van der Waals surface area contributed by atoms with E-state index in [1.54, 1.807) is 6.07 Å². The largest absolute Gasteiger partial charge is 0.295 e. The molecule has 0 saturated heterocycles. The maximum Gasteiger partial charge on any atom is 0.274 e. The zero-order chi connectivity index (χ0) is 11.7. The number of aromatic nitrogens is 2. The Morgan fingerprint density at radius 3 is 2.62 bits per heavy atom. The molecule has 2 rings (SSSR count). The van der Waals surface area contributed by atoms with Crippen LogP contribution in [0.2, 0.25) is 5.02 Å². The lowest BCUT2D eigenvalue weighted by atomic mass is 10.2. The molecule has 1 aromatic heterocycles. The quantitative estimate of drug-likeness (QED) is 0.856. The van der Waals surface area contributed by atoms with E-state index in [9.17, 15) is 4.79 Å². The highest BCUT2D eigenvalue weighted by molar-refractivity contribution is 6.32. The third-order valence-electron chi connectivity index (χ3n) is 2.67. The van der Waals surface area contributed by atoms with E-state index in [-0.39, 0.29) is 5.56 Å². The summed E-state index contributed by atoms with van der Waals surface area (Å²) in [4.78, 5) is 12.0. The first-order valence-corrected chi connectivity index (χ1v) is 5.58. The molecule has 84 valence electrons. The predicted molar refractivity (Wildman–Crippen MR) is 65.5 cm³/mol. The Labute approximate surface area is 98.7 Å². The van der Waals surface area contributed by atoms with Gasteiger partial charge >= 0.3 is 0 Å². The highest BCUT2D eigenvalue weighted by Gasteiger charge is 2.11. The second kappa shape index (κ2) is 4.18. The fourth-order valence-corrected chi connectivity index (χ4v) is 1.93. The lowest BCUT2D eigenvalue weighted by Gasteiger charge is -2.03. The predicted octanol–water partition coefficient (Wildman–Crippen LogP) is 2.69. The van der Waals surface area contributed by atoms with Crippen molar-refractivity contribution in [2.45, 2.75) is 20.3 Å². The summed E-state index contributed by atoms with van der Waals surface area (Å²) >= 11 is 6.06. The summed E-state index contributed by atoms with van der Waals surface area (Å²) in [5.41, 5.74) is 2.36. The molecule has 1 N–H and O–H groups in total. The lowest BCUT2D eigenvalue weighted by Crippen LogP contribution is -2.16. The fraction of sp³-hybridized carbons (Fsp3) is 0.250. The van der Waals surface area contributed by atoms with Crippen molar-refractivity contribution in [1.29, 1.82) is 0 Å². The minimum absolute atomic E-state index is 0.0371. The summed E-state index contributed by atoms with van der Waals surface area (Å²) in [6, 6.07) is 7.28. The average Bonchev–Trinajstić information content (AvgIpc) is 2.57. The third kappa shape index (κ3) is 1.67. The van der Waals surface area contributed by atoms with Gasteiger partial charge in [-0.25, -0.2) is 4.68 Å². The zero-order valence-electron chi connectivity index (χ0n) is 9.25. The van der Waals surface area contributed by atoms with Gasteiger partial charge in [0.25, 0.3) is 5.56 Å². The van der Waals surface area contributed by atoms with E-state index in [1.807, 2.05) is 32.0 Å². The van der Waals surface area contributed by atoms with Gasteiger partial charge in [-0.15, -0.1) is 0 Å². The number of nitrogens with one attached hydrogen (secondary N) is 1. The molecule has 0 aliphatic carbocycles. The molecule has 0 bridgehead atoms. The van der Waals surface area contributed by atoms with Crippen molar-refractivity contribution < 1.29 is 0 Å². The maximum absolute atomic E-state index is 12.0. The Bertz CT molecular complexity index is 569. The van der Waals surface area contributed by atoms with Crippen molar-refractivity contribution >= 4 is 11.6 Å². The standard InChI is InChI=1S/C12H13ClN2O/c1-3-10-8(2)12(16)15(14-10)11-7-5-4-6-9(11)13/h4-7,14H,3H2,1-2H3. The van der Waals surface area contributed by atoms with E-state index >= 15 is 0 Å². The van der Waals surface area contributed by atoms with E-state index in [0.717, 1.165) is 17.7 Å². The van der Waals surface area contributed by atoms with Crippen molar-refractivity contribution in [3.63, 3.8) is 0 Å². The first-order chi connectivity index (χ1) is 7.65. The van der Waals surface area contributed by atoms with Crippen LogP contribution in [0.3, 0.4) is 0 Å². The molecule has 4 heteroatoms. The van der Waals surface area contributed by atoms with Crippen LogP contribution in [0.4, 0.5) is 0 Å². The highest BCUT2D eigenvalue weighted by atomic mass is 35.5. The molecule has 2 aromatic rings. The number of rotatable bonds is 2. The maximum atomic E-state index is 12.0. The van der Waals surface area contributed by atoms with Gasteiger partial charge < -0.3 is 0 Å². The van der Waals surface area contributed by atoms with Crippen LogP contribution in [-0.2, 0) is 6.42 Å². The molecule has 1 aromatic carbocycles. The van der Waals surface area contributed by atoms with E-state index < -0.39 is 0 Å². The zero-order valence-corrected chi connectivity index (χ0v) is 10.0. The van der Waals surface area contributed by atoms with Gasteiger partial charge in [-0.1, -0.05) is 30.7 Å². The topological polar surface area (TPSA) is 37.8 Å². The van der Waals surface area contributed by atoms with Gasteiger partial charge in [-0.05, 0) is 25.5 Å². The molecule has 0 aliphatic rings. The van der Waals surface area contributed by atoms with Gasteiger partial charge in [-0.3, -0.25) is 9.89 Å². The van der Waals surface area contributed by atoms with E-state index in [4.69, 9.17) is 11.6 Å². The summed E-state index contributed by atoms with van der Waals surface area (Å²) in [6.45, 7) is 3.83. The second-order valence-electron chi connectivity index (χ2n) is 3.66. The van der Waals surface area contributed by atoms with Crippen molar-refractivity contribution in [2.24, 2.45) is 0 Å². The van der Waals surface area contributed by atoms with Gasteiger partial charge in [0.1, 0.15) is 0 Å². The van der Waals surface area contributed by atoms with Crippen LogP contribution in [0.1, 0.15) is 18.2 Å². The average molecular weight is 237 g/mol. The molecule has 0 amide bonds. The number of nitrogens with zero attached hydrogens (tertiary/aromatic N) is 1. The van der Waals surface area contributed by atoms with E-state index in [0.29, 0.717) is 10.7 Å². The monoisotopic (exact) mass is 236 g/mol. The van der Waals surface area contributed by atoms with Crippen LogP contribution >= 0.6 is 11.6 Å². The van der Waals surface area contributed by atoms with Gasteiger partial charge in [0.15, 0.2) is 0 Å². The van der Waals surface area contributed by atoms with Gasteiger partial charge in [0.2, 0.25) is 0 Å². The number of hydrogen-bond donors (Lipinski definition) is 1. The van der Waals surface area contributed by atoms with Crippen molar-refractivity contribution in [1.82, 2.24) is 9.78 Å². The molecule has 0 unspecified atom stereocenters. The minimum atomic E-state index is -0.0371. The molecule has 0 radical (unpaired) electrons. The molecular weight excluding hydrogens is 224 g/mol. The van der Waals surface area contributed by atoms with Gasteiger partial charge in [0.05, 0.1) is 10.7 Å². The first-order valence-electron chi connectivity index (χ1n) is 5.20. The van der Waals surface area contributed by atoms with Gasteiger partial charge in [0, 0.05) is 11.3 Å². The molecular formula is C12H13ClN2O. The van der Waals surface area contributed by atoms with Crippen molar-refractivity contribution in [3.8, 4) is 5.69 Å². The number of hydrogen-bond acceptors (Lipinski definition) is 1. The molecule has 1 heterocycles. The van der Waals surface area contributed by atoms with Crippen LogP contribution in [0.5, 0.6) is 0 Å². The number of aromatic amines is 1.